The molecule has 1 aliphatic carbocycles. The van der Waals surface area contributed by atoms with Crippen molar-refractivity contribution in [3.63, 3.8) is 0 Å². The zero-order valence-corrected chi connectivity index (χ0v) is 14.1. The molecule has 0 saturated carbocycles. The molecule has 0 spiro atoms. The Kier molecular flexibility index (Phi) is 5.03. The zero-order chi connectivity index (χ0) is 17.8. The van der Waals surface area contributed by atoms with E-state index in [0.717, 1.165) is 11.1 Å². The maximum absolute atomic E-state index is 12.0. The van der Waals surface area contributed by atoms with E-state index < -0.39 is 12.1 Å². The van der Waals surface area contributed by atoms with Gasteiger partial charge in [-0.25, -0.2) is 4.79 Å². The summed E-state index contributed by atoms with van der Waals surface area (Å²) in [5, 5.41) is 11.4. The fourth-order valence-corrected chi connectivity index (χ4v) is 3.25. The van der Waals surface area contributed by atoms with E-state index in [1.807, 2.05) is 24.3 Å². The van der Waals surface area contributed by atoms with Crippen molar-refractivity contribution in [2.24, 2.45) is 0 Å². The summed E-state index contributed by atoms with van der Waals surface area (Å²) in [6, 6.07) is 16.1. The molecule has 0 radical (unpaired) electrons. The number of nitrogens with one attached hydrogen (secondary N) is 1. The Morgan fingerprint density at radius 3 is 2.20 bits per heavy atom. The first kappa shape index (κ1) is 17.0. The van der Waals surface area contributed by atoms with Crippen molar-refractivity contribution < 1.29 is 19.4 Å². The van der Waals surface area contributed by atoms with Crippen LogP contribution in [0, 0.1) is 0 Å². The number of aliphatic carboxylic acids is 1. The third-order valence-corrected chi connectivity index (χ3v) is 4.50. The van der Waals surface area contributed by atoms with Gasteiger partial charge in [-0.3, -0.25) is 4.79 Å². The normalized spacial score (nSPS) is 13.6. The van der Waals surface area contributed by atoms with Gasteiger partial charge in [0.05, 0.1) is 0 Å². The van der Waals surface area contributed by atoms with Crippen LogP contribution in [0.1, 0.15) is 36.8 Å². The van der Waals surface area contributed by atoms with Crippen LogP contribution in [-0.2, 0) is 9.53 Å². The van der Waals surface area contributed by atoms with E-state index in [1.54, 1.807) is 6.92 Å². The Bertz CT molecular complexity index is 741. The molecule has 0 fully saturated rings. The number of carbonyl (C=O) groups excluding carboxylic acids is 1. The van der Waals surface area contributed by atoms with Gasteiger partial charge in [-0.15, -0.1) is 0 Å². The molecular weight excluding hydrogens is 318 g/mol. The van der Waals surface area contributed by atoms with Crippen LogP contribution in [0.2, 0.25) is 0 Å². The van der Waals surface area contributed by atoms with E-state index in [9.17, 15) is 9.59 Å². The van der Waals surface area contributed by atoms with Crippen LogP contribution in [0.25, 0.3) is 11.1 Å². The van der Waals surface area contributed by atoms with Gasteiger partial charge in [-0.2, -0.15) is 0 Å². The first-order chi connectivity index (χ1) is 12.1. The smallest absolute Gasteiger partial charge is 0.407 e. The van der Waals surface area contributed by atoms with Gasteiger partial charge in [-0.05, 0) is 35.6 Å². The SMILES string of the molecule is CC(CCC(=O)O)NC(=O)OCC1c2ccccc2-c2ccccc21. The Balaban J connectivity index is 1.63. The average molecular weight is 339 g/mol. The molecule has 5 nitrogen and oxygen atoms in total. The molecule has 2 N–H and O–H groups in total. The molecule has 2 aromatic rings. The first-order valence-corrected chi connectivity index (χ1v) is 8.39. The molecule has 130 valence electrons. The number of rotatable bonds is 6. The Hall–Kier alpha value is -2.82. The number of carboxylic acid groups (broad SMARTS) is 1. The lowest BCUT2D eigenvalue weighted by atomic mass is 9.98. The van der Waals surface area contributed by atoms with E-state index in [2.05, 4.69) is 29.6 Å². The average Bonchev–Trinajstić information content (AvgIpc) is 2.92. The summed E-state index contributed by atoms with van der Waals surface area (Å²) >= 11 is 0. The van der Waals surface area contributed by atoms with E-state index in [1.165, 1.54) is 11.1 Å². The second kappa shape index (κ2) is 7.38. The van der Waals surface area contributed by atoms with Crippen LogP contribution in [-0.4, -0.2) is 29.8 Å². The highest BCUT2D eigenvalue weighted by Gasteiger charge is 2.29. The number of fused-ring (bicyclic) bond motifs is 3. The highest BCUT2D eigenvalue weighted by atomic mass is 16.5. The highest BCUT2D eigenvalue weighted by Crippen LogP contribution is 2.44. The molecule has 25 heavy (non-hydrogen) atoms. The largest absolute Gasteiger partial charge is 0.481 e. The molecule has 0 heterocycles. The van der Waals surface area contributed by atoms with E-state index in [0.29, 0.717) is 6.42 Å². The van der Waals surface area contributed by atoms with E-state index in [-0.39, 0.29) is 25.0 Å². The summed E-state index contributed by atoms with van der Waals surface area (Å²) in [6.45, 7) is 2.02. The summed E-state index contributed by atoms with van der Waals surface area (Å²) in [7, 11) is 0. The van der Waals surface area contributed by atoms with Crippen molar-refractivity contribution in [2.45, 2.75) is 31.7 Å². The van der Waals surface area contributed by atoms with Crippen molar-refractivity contribution in [3.05, 3.63) is 59.7 Å². The maximum Gasteiger partial charge on any atom is 0.407 e. The Labute approximate surface area is 146 Å². The van der Waals surface area contributed by atoms with Gasteiger partial charge < -0.3 is 15.2 Å². The first-order valence-electron chi connectivity index (χ1n) is 8.39. The van der Waals surface area contributed by atoms with Crippen molar-refractivity contribution >= 4 is 12.1 Å². The summed E-state index contributed by atoms with van der Waals surface area (Å²) in [5.41, 5.74) is 4.69. The number of carbonyl (C=O) groups is 2. The van der Waals surface area contributed by atoms with Gasteiger partial charge in [0.25, 0.3) is 0 Å². The molecule has 0 bridgehead atoms. The van der Waals surface area contributed by atoms with Crippen LogP contribution in [0.3, 0.4) is 0 Å². The van der Waals surface area contributed by atoms with Gasteiger partial charge in [0.15, 0.2) is 0 Å². The Morgan fingerprint density at radius 2 is 1.64 bits per heavy atom. The van der Waals surface area contributed by atoms with Gasteiger partial charge in [0, 0.05) is 18.4 Å². The van der Waals surface area contributed by atoms with Crippen LogP contribution >= 0.6 is 0 Å². The fraction of sp³-hybridized carbons (Fsp3) is 0.300. The van der Waals surface area contributed by atoms with E-state index >= 15 is 0 Å². The number of ether oxygens (including phenoxy) is 1. The molecule has 1 atom stereocenters. The molecule has 2 aromatic carbocycles. The van der Waals surface area contributed by atoms with Crippen LogP contribution in [0.5, 0.6) is 0 Å². The summed E-state index contributed by atoms with van der Waals surface area (Å²) < 4.78 is 5.42. The summed E-state index contributed by atoms with van der Waals surface area (Å²) in [6.07, 6.45) is -0.121. The molecule has 0 saturated heterocycles. The van der Waals surface area contributed by atoms with Crippen molar-refractivity contribution in [1.29, 1.82) is 0 Å². The van der Waals surface area contributed by atoms with Crippen molar-refractivity contribution in [3.8, 4) is 11.1 Å². The molecule has 1 aliphatic rings. The molecule has 0 aliphatic heterocycles. The molecular formula is C20H21NO4. The second-order valence-corrected chi connectivity index (χ2v) is 6.30. The quantitative estimate of drug-likeness (QED) is 0.840. The van der Waals surface area contributed by atoms with Crippen molar-refractivity contribution in [2.75, 3.05) is 6.61 Å². The third-order valence-electron chi connectivity index (χ3n) is 4.50. The Morgan fingerprint density at radius 1 is 1.08 bits per heavy atom. The number of hydrogen-bond acceptors (Lipinski definition) is 3. The molecule has 3 rings (SSSR count). The monoisotopic (exact) mass is 339 g/mol. The molecule has 1 unspecified atom stereocenters. The lowest BCUT2D eigenvalue weighted by molar-refractivity contribution is -0.137. The van der Waals surface area contributed by atoms with Crippen molar-refractivity contribution in [1.82, 2.24) is 5.32 Å². The lowest BCUT2D eigenvalue weighted by Crippen LogP contribution is -2.34. The number of benzene rings is 2. The predicted molar refractivity (Wildman–Crippen MR) is 94.5 cm³/mol. The van der Waals surface area contributed by atoms with E-state index in [4.69, 9.17) is 9.84 Å². The molecule has 0 aromatic heterocycles. The lowest BCUT2D eigenvalue weighted by Gasteiger charge is -2.16. The minimum atomic E-state index is -0.874. The summed E-state index contributed by atoms with van der Waals surface area (Å²) in [5.74, 6) is -0.853. The van der Waals surface area contributed by atoms with Crippen LogP contribution < -0.4 is 5.32 Å². The summed E-state index contributed by atoms with van der Waals surface area (Å²) in [4.78, 5) is 22.6. The fourth-order valence-electron chi connectivity index (χ4n) is 3.25. The van der Waals surface area contributed by atoms with Gasteiger partial charge in [-0.1, -0.05) is 48.5 Å². The highest BCUT2D eigenvalue weighted by molar-refractivity contribution is 5.79. The minimum Gasteiger partial charge on any atom is -0.481 e. The van der Waals surface area contributed by atoms with Gasteiger partial charge in [0.2, 0.25) is 0 Å². The van der Waals surface area contributed by atoms with Crippen LogP contribution in [0.4, 0.5) is 4.79 Å². The maximum atomic E-state index is 12.0. The predicted octanol–water partition coefficient (Wildman–Crippen LogP) is 3.78. The molecule has 5 heteroatoms. The molecule has 1 amide bonds. The van der Waals surface area contributed by atoms with Gasteiger partial charge in [0.1, 0.15) is 6.61 Å². The third kappa shape index (κ3) is 3.82. The number of amides is 1. The zero-order valence-electron chi connectivity index (χ0n) is 14.1. The number of carboxylic acids is 1. The minimum absolute atomic E-state index is 0.0187. The second-order valence-electron chi connectivity index (χ2n) is 6.30. The van der Waals surface area contributed by atoms with Gasteiger partial charge >= 0.3 is 12.1 Å². The number of alkyl carbamates (subject to hydrolysis) is 1. The standard InChI is InChI=1S/C20H21NO4/c1-13(10-11-19(22)23)21-20(24)25-12-18-16-8-4-2-6-14(16)15-7-3-5-9-17(15)18/h2-9,13,18H,10-12H2,1H3,(H,21,24)(H,22,23). The van der Waals surface area contributed by atoms with Crippen LogP contribution in [0.15, 0.2) is 48.5 Å². The number of hydrogen-bond donors (Lipinski definition) is 2. The topological polar surface area (TPSA) is 75.6 Å².